The lowest BCUT2D eigenvalue weighted by atomic mass is 9.98. The lowest BCUT2D eigenvalue weighted by molar-refractivity contribution is 0.143. The molecule has 0 spiro atoms. The van der Waals surface area contributed by atoms with Crippen molar-refractivity contribution in [2.45, 2.75) is 42.4 Å². The van der Waals surface area contributed by atoms with E-state index < -0.39 is 8.07 Å². The first-order valence-corrected chi connectivity index (χ1v) is 14.4. The maximum atomic E-state index is 12.3. The number of aliphatic hydroxyl groups is 1. The molecular weight excluding hydrogens is 400 g/mol. The number of oxazole rings is 1. The SMILES string of the molecule is C[Si](C)(C)c1cnc(CSc2cnc(NC(=O)N3CCC(CO)CC3)s2)o1. The molecule has 148 valence electrons. The molecule has 2 amide bonds. The van der Waals surface area contributed by atoms with E-state index in [0.29, 0.717) is 29.9 Å². The Labute approximate surface area is 168 Å². The highest BCUT2D eigenvalue weighted by molar-refractivity contribution is 8.00. The number of hydrogen-bond donors (Lipinski definition) is 2. The number of anilines is 1. The number of thioether (sulfide) groups is 1. The summed E-state index contributed by atoms with van der Waals surface area (Å²) in [5.74, 6) is 1.69. The third kappa shape index (κ3) is 5.56. The fourth-order valence-corrected chi connectivity index (χ4v) is 5.32. The summed E-state index contributed by atoms with van der Waals surface area (Å²) in [7, 11) is -1.47. The van der Waals surface area contributed by atoms with E-state index in [2.05, 4.69) is 34.9 Å². The first-order chi connectivity index (χ1) is 12.8. The number of rotatable bonds is 6. The molecule has 10 heteroatoms. The molecule has 27 heavy (non-hydrogen) atoms. The van der Waals surface area contributed by atoms with E-state index >= 15 is 0 Å². The van der Waals surface area contributed by atoms with Crippen molar-refractivity contribution in [3.63, 3.8) is 0 Å². The quantitative estimate of drug-likeness (QED) is 0.544. The van der Waals surface area contributed by atoms with E-state index in [1.165, 1.54) is 11.3 Å². The van der Waals surface area contributed by atoms with Crippen molar-refractivity contribution in [3.05, 3.63) is 18.3 Å². The summed E-state index contributed by atoms with van der Waals surface area (Å²) in [5, 5.41) is 13.7. The predicted molar refractivity (Wildman–Crippen MR) is 112 cm³/mol. The second-order valence-corrected chi connectivity index (χ2v) is 15.0. The fraction of sp³-hybridized carbons (Fsp3) is 0.588. The third-order valence-corrected chi connectivity index (χ3v) is 8.29. The van der Waals surface area contributed by atoms with Gasteiger partial charge >= 0.3 is 6.03 Å². The standard InChI is InChI=1S/C17H26N4O3S2Si/c1-27(2,3)14-8-18-13(24-14)11-25-15-9-19-16(26-15)20-17(23)21-6-4-12(10-22)5-7-21/h8-9,12,22H,4-7,10-11H2,1-3H3,(H,19,20,23). The van der Waals surface area contributed by atoms with Gasteiger partial charge in [0.2, 0.25) is 5.89 Å². The first-order valence-electron chi connectivity index (χ1n) is 9.05. The van der Waals surface area contributed by atoms with E-state index in [-0.39, 0.29) is 12.6 Å². The average Bonchev–Trinajstić information content (AvgIpc) is 3.29. The molecule has 0 radical (unpaired) electrons. The Morgan fingerprint density at radius 3 is 2.74 bits per heavy atom. The molecule has 1 aliphatic heterocycles. The Morgan fingerprint density at radius 2 is 2.11 bits per heavy atom. The van der Waals surface area contributed by atoms with Gasteiger partial charge < -0.3 is 14.4 Å². The highest BCUT2D eigenvalue weighted by Gasteiger charge is 2.23. The van der Waals surface area contributed by atoms with Gasteiger partial charge in [-0.05, 0) is 18.8 Å². The molecule has 0 saturated carbocycles. The van der Waals surface area contributed by atoms with Gasteiger partial charge in [0.1, 0.15) is 13.5 Å². The molecule has 1 aliphatic rings. The summed E-state index contributed by atoms with van der Waals surface area (Å²) >= 11 is 3.06. The zero-order chi connectivity index (χ0) is 19.4. The second kappa shape index (κ2) is 8.76. The first kappa shape index (κ1) is 20.4. The number of carbonyl (C=O) groups is 1. The van der Waals surface area contributed by atoms with Crippen LogP contribution in [0.15, 0.2) is 21.0 Å². The number of piperidine rings is 1. The number of carbonyl (C=O) groups excluding carboxylic acids is 1. The van der Waals surface area contributed by atoms with E-state index in [0.717, 1.165) is 28.3 Å². The van der Waals surface area contributed by atoms with Crippen LogP contribution in [0.5, 0.6) is 0 Å². The number of urea groups is 1. The number of likely N-dealkylation sites (tertiary alicyclic amines) is 1. The Balaban J connectivity index is 1.48. The molecule has 3 rings (SSSR count). The topological polar surface area (TPSA) is 91.5 Å². The van der Waals surface area contributed by atoms with Gasteiger partial charge in [0, 0.05) is 19.7 Å². The summed E-state index contributed by atoms with van der Waals surface area (Å²) in [5.41, 5.74) is 0. The molecular formula is C17H26N4O3S2Si. The lowest BCUT2D eigenvalue weighted by Crippen LogP contribution is -2.41. The lowest BCUT2D eigenvalue weighted by Gasteiger charge is -2.30. The van der Waals surface area contributed by atoms with Gasteiger partial charge in [0.25, 0.3) is 0 Å². The largest absolute Gasteiger partial charge is 0.450 e. The van der Waals surface area contributed by atoms with E-state index in [1.54, 1.807) is 22.9 Å². The number of thiazole rings is 1. The predicted octanol–water partition coefficient (Wildman–Crippen LogP) is 3.20. The van der Waals surface area contributed by atoms with Gasteiger partial charge in [-0.3, -0.25) is 5.32 Å². The van der Waals surface area contributed by atoms with Crippen LogP contribution in [0.3, 0.4) is 0 Å². The van der Waals surface area contributed by atoms with Crippen molar-refractivity contribution < 1.29 is 14.3 Å². The highest BCUT2D eigenvalue weighted by Crippen LogP contribution is 2.30. The second-order valence-electron chi connectivity index (χ2n) is 7.68. The van der Waals surface area contributed by atoms with Gasteiger partial charge in [-0.1, -0.05) is 31.0 Å². The minimum absolute atomic E-state index is 0.121. The number of nitrogens with zero attached hydrogens (tertiary/aromatic N) is 3. The van der Waals surface area contributed by atoms with Crippen molar-refractivity contribution >= 4 is 47.7 Å². The molecule has 3 heterocycles. The number of amides is 2. The van der Waals surface area contributed by atoms with Crippen molar-refractivity contribution in [2.24, 2.45) is 5.92 Å². The van der Waals surface area contributed by atoms with Gasteiger partial charge in [-0.25, -0.2) is 14.8 Å². The monoisotopic (exact) mass is 426 g/mol. The van der Waals surface area contributed by atoms with Crippen molar-refractivity contribution in [3.8, 4) is 0 Å². The zero-order valence-electron chi connectivity index (χ0n) is 15.9. The maximum Gasteiger partial charge on any atom is 0.323 e. The number of aromatic nitrogens is 2. The minimum Gasteiger partial charge on any atom is -0.450 e. The van der Waals surface area contributed by atoms with E-state index in [1.807, 2.05) is 6.20 Å². The van der Waals surface area contributed by atoms with Crippen molar-refractivity contribution in [1.29, 1.82) is 0 Å². The summed E-state index contributed by atoms with van der Waals surface area (Å²) in [6.07, 6.45) is 5.31. The van der Waals surface area contributed by atoms with Crippen LogP contribution in [-0.4, -0.2) is 53.8 Å². The van der Waals surface area contributed by atoms with Crippen LogP contribution < -0.4 is 10.7 Å². The van der Waals surface area contributed by atoms with Crippen LogP contribution in [0, 0.1) is 5.92 Å². The molecule has 0 unspecified atom stereocenters. The van der Waals surface area contributed by atoms with Crippen LogP contribution >= 0.6 is 23.1 Å². The van der Waals surface area contributed by atoms with Gasteiger partial charge in [0.05, 0.1) is 22.4 Å². The normalized spacial score (nSPS) is 15.9. The summed E-state index contributed by atoms with van der Waals surface area (Å²) in [6, 6.07) is -0.121. The Kier molecular flexibility index (Phi) is 6.61. The molecule has 2 aromatic rings. The maximum absolute atomic E-state index is 12.3. The van der Waals surface area contributed by atoms with Crippen molar-refractivity contribution in [1.82, 2.24) is 14.9 Å². The van der Waals surface area contributed by atoms with E-state index in [9.17, 15) is 9.90 Å². The minimum atomic E-state index is -1.47. The number of nitrogens with one attached hydrogen (secondary N) is 1. The van der Waals surface area contributed by atoms with Gasteiger partial charge in [-0.2, -0.15) is 0 Å². The van der Waals surface area contributed by atoms with Crippen LogP contribution in [0.1, 0.15) is 18.7 Å². The molecule has 7 nitrogen and oxygen atoms in total. The molecule has 0 aliphatic carbocycles. The van der Waals surface area contributed by atoms with Crippen LogP contribution in [0.2, 0.25) is 19.6 Å². The summed E-state index contributed by atoms with van der Waals surface area (Å²) < 4.78 is 6.87. The van der Waals surface area contributed by atoms with Crippen LogP contribution in [0.4, 0.5) is 9.93 Å². The molecule has 0 atom stereocenters. The van der Waals surface area contributed by atoms with E-state index in [4.69, 9.17) is 4.42 Å². The van der Waals surface area contributed by atoms with Crippen LogP contribution in [-0.2, 0) is 5.75 Å². The van der Waals surface area contributed by atoms with Gasteiger partial charge in [0.15, 0.2) is 5.13 Å². The smallest absolute Gasteiger partial charge is 0.323 e. The highest BCUT2D eigenvalue weighted by atomic mass is 32.2. The molecule has 1 saturated heterocycles. The van der Waals surface area contributed by atoms with Crippen LogP contribution in [0.25, 0.3) is 0 Å². The summed E-state index contributed by atoms with van der Waals surface area (Å²) in [4.78, 5) is 22.8. The Morgan fingerprint density at radius 1 is 1.37 bits per heavy atom. The number of aliphatic hydroxyl groups excluding tert-OH is 1. The Hall–Kier alpha value is -1.36. The molecule has 0 aromatic carbocycles. The summed E-state index contributed by atoms with van der Waals surface area (Å²) in [6.45, 7) is 8.24. The molecule has 2 aromatic heterocycles. The third-order valence-electron chi connectivity index (χ3n) is 4.49. The fourth-order valence-electron chi connectivity index (χ4n) is 2.73. The molecule has 2 N–H and O–H groups in total. The average molecular weight is 427 g/mol. The van der Waals surface area contributed by atoms with Crippen molar-refractivity contribution in [2.75, 3.05) is 25.0 Å². The number of hydrogen-bond acceptors (Lipinski definition) is 7. The Bertz CT molecular complexity index is 766. The van der Waals surface area contributed by atoms with Gasteiger partial charge in [-0.15, -0.1) is 11.8 Å². The molecule has 0 bridgehead atoms. The molecule has 1 fully saturated rings. The zero-order valence-corrected chi connectivity index (χ0v) is 18.5.